The number of rotatable bonds is 5. The maximum absolute atomic E-state index is 6.71. The molecule has 0 amide bonds. The van der Waals surface area contributed by atoms with E-state index in [1.165, 1.54) is 99.9 Å². The van der Waals surface area contributed by atoms with Crippen LogP contribution in [0.4, 0.5) is 17.1 Å². The summed E-state index contributed by atoms with van der Waals surface area (Å²) in [6.45, 7) is 9.47. The van der Waals surface area contributed by atoms with Gasteiger partial charge in [0, 0.05) is 50.6 Å². The summed E-state index contributed by atoms with van der Waals surface area (Å²) in [5, 5.41) is 3.57. The van der Waals surface area contributed by atoms with Crippen molar-refractivity contribution in [1.29, 1.82) is 0 Å². The van der Waals surface area contributed by atoms with Crippen molar-refractivity contribution < 1.29 is 4.42 Å². The van der Waals surface area contributed by atoms with Crippen LogP contribution in [-0.4, -0.2) is 0 Å². The summed E-state index contributed by atoms with van der Waals surface area (Å²) < 4.78 is 6.71. The molecule has 2 heteroatoms. The van der Waals surface area contributed by atoms with Crippen LogP contribution in [0.3, 0.4) is 0 Å². The third-order valence-corrected chi connectivity index (χ3v) is 14.0. The number of aryl methyl sites for hydroxylation is 1. The molecular formula is C58H45NO. The molecule has 0 atom stereocenters. The highest BCUT2D eigenvalue weighted by atomic mass is 16.3. The van der Waals surface area contributed by atoms with E-state index in [-0.39, 0.29) is 10.8 Å². The zero-order valence-electron chi connectivity index (χ0n) is 34.5. The van der Waals surface area contributed by atoms with Gasteiger partial charge in [0.1, 0.15) is 11.3 Å². The number of furan rings is 1. The molecule has 288 valence electrons. The van der Waals surface area contributed by atoms with Gasteiger partial charge in [0.15, 0.2) is 0 Å². The second-order valence-electron chi connectivity index (χ2n) is 18.0. The Kier molecular flexibility index (Phi) is 7.48. The Labute approximate surface area is 352 Å². The second-order valence-corrected chi connectivity index (χ2v) is 18.0. The summed E-state index contributed by atoms with van der Waals surface area (Å²) in [6.07, 6.45) is 4.20. The van der Waals surface area contributed by atoms with Crippen LogP contribution in [0.1, 0.15) is 73.3 Å². The van der Waals surface area contributed by atoms with Crippen LogP contribution in [0.15, 0.2) is 174 Å². The number of hydrogen-bond donors (Lipinski definition) is 0. The van der Waals surface area contributed by atoms with Gasteiger partial charge in [-0.05, 0) is 127 Å². The highest BCUT2D eigenvalue weighted by molar-refractivity contribution is 6.14. The first-order valence-corrected chi connectivity index (χ1v) is 21.4. The highest BCUT2D eigenvalue weighted by Gasteiger charge is 2.38. The molecule has 9 aromatic rings. The van der Waals surface area contributed by atoms with Crippen LogP contribution in [0.25, 0.3) is 66.8 Å². The fourth-order valence-electron chi connectivity index (χ4n) is 10.8. The first-order chi connectivity index (χ1) is 29.3. The Balaban J connectivity index is 0.973. The molecule has 0 aliphatic heterocycles. The van der Waals surface area contributed by atoms with Gasteiger partial charge < -0.3 is 9.32 Å². The van der Waals surface area contributed by atoms with Gasteiger partial charge in [0.25, 0.3) is 0 Å². The van der Waals surface area contributed by atoms with Crippen molar-refractivity contribution in [3.63, 3.8) is 0 Å². The SMILES string of the molecule is CC1(C)c2ccccc2-c2ccc(N(c3ccc(C4=Cc5c(oc6c5cc(-c5ccccc5)c5ccccc56)CC4)cc3)c3ccc4c(c3)C(C)(C)c3ccccc3-4)cc21. The van der Waals surface area contributed by atoms with Crippen LogP contribution in [-0.2, 0) is 17.3 Å². The first-order valence-electron chi connectivity index (χ1n) is 21.4. The molecular weight excluding hydrogens is 727 g/mol. The zero-order chi connectivity index (χ0) is 40.3. The van der Waals surface area contributed by atoms with E-state index in [0.29, 0.717) is 0 Å². The zero-order valence-corrected chi connectivity index (χ0v) is 34.5. The molecule has 0 bridgehead atoms. The van der Waals surface area contributed by atoms with Crippen molar-refractivity contribution in [3.8, 4) is 33.4 Å². The van der Waals surface area contributed by atoms with E-state index in [1.54, 1.807) is 0 Å². The van der Waals surface area contributed by atoms with Crippen molar-refractivity contribution in [2.45, 2.75) is 51.4 Å². The molecule has 1 heterocycles. The standard InChI is InChI=1S/C58H45NO/c1-57(2)51-20-12-10-17-43(51)45-29-27-40(33-53(45)57)59(41-28-30-46-44-18-11-13-21-52(44)58(3,4)54(46)34-41)39-25-22-36(23-26-39)38-24-31-55-49(32-38)50-35-48(37-14-6-5-7-15-37)42-16-8-9-19-47(42)56(50)60-55/h5-23,25-30,32-35H,24,31H2,1-4H3. The maximum atomic E-state index is 6.71. The van der Waals surface area contributed by atoms with E-state index in [0.717, 1.165) is 29.9 Å². The summed E-state index contributed by atoms with van der Waals surface area (Å²) in [5.74, 6) is 1.08. The van der Waals surface area contributed by atoms with Crippen LogP contribution >= 0.6 is 0 Å². The van der Waals surface area contributed by atoms with Crippen molar-refractivity contribution in [3.05, 3.63) is 209 Å². The number of hydrogen-bond acceptors (Lipinski definition) is 2. The topological polar surface area (TPSA) is 16.4 Å². The molecule has 0 radical (unpaired) electrons. The van der Waals surface area contributed by atoms with E-state index < -0.39 is 0 Å². The molecule has 3 aliphatic rings. The summed E-state index contributed by atoms with van der Waals surface area (Å²) in [4.78, 5) is 2.47. The third-order valence-electron chi connectivity index (χ3n) is 14.0. The van der Waals surface area contributed by atoms with Crippen LogP contribution in [0, 0.1) is 0 Å². The summed E-state index contributed by atoms with van der Waals surface area (Å²) >= 11 is 0. The van der Waals surface area contributed by atoms with Crippen molar-refractivity contribution in [1.82, 2.24) is 0 Å². The van der Waals surface area contributed by atoms with Crippen molar-refractivity contribution in [2.75, 3.05) is 4.90 Å². The molecule has 60 heavy (non-hydrogen) atoms. The van der Waals surface area contributed by atoms with E-state index in [1.807, 2.05) is 0 Å². The fraction of sp³-hybridized carbons (Fsp3) is 0.138. The largest absolute Gasteiger partial charge is 0.460 e. The number of benzene rings is 8. The van der Waals surface area contributed by atoms with Gasteiger partial charge in [0.05, 0.1) is 0 Å². The Bertz CT molecular complexity index is 3140. The number of anilines is 3. The maximum Gasteiger partial charge on any atom is 0.142 e. The quantitative estimate of drug-likeness (QED) is 0.173. The van der Waals surface area contributed by atoms with Gasteiger partial charge in [-0.3, -0.25) is 0 Å². The molecule has 1 aromatic heterocycles. The summed E-state index contributed by atoms with van der Waals surface area (Å²) in [5.41, 5.74) is 21.4. The number of nitrogens with zero attached hydrogens (tertiary/aromatic N) is 1. The number of fused-ring (bicyclic) bond motifs is 11. The average Bonchev–Trinajstić information content (AvgIpc) is 3.86. The molecule has 3 aliphatic carbocycles. The molecule has 0 saturated carbocycles. The minimum Gasteiger partial charge on any atom is -0.460 e. The minimum atomic E-state index is -0.100. The smallest absolute Gasteiger partial charge is 0.142 e. The van der Waals surface area contributed by atoms with Gasteiger partial charge in [-0.25, -0.2) is 0 Å². The van der Waals surface area contributed by atoms with Crippen molar-refractivity contribution >= 4 is 50.5 Å². The van der Waals surface area contributed by atoms with E-state index in [4.69, 9.17) is 4.42 Å². The molecule has 0 N–H and O–H groups in total. The lowest BCUT2D eigenvalue weighted by atomic mass is 9.82. The fourth-order valence-corrected chi connectivity index (χ4v) is 10.8. The molecule has 0 saturated heterocycles. The molecule has 2 nitrogen and oxygen atoms in total. The molecule has 0 fully saturated rings. The molecule has 0 spiro atoms. The van der Waals surface area contributed by atoms with Crippen LogP contribution < -0.4 is 4.90 Å². The summed E-state index contributed by atoms with van der Waals surface area (Å²) in [6, 6.07) is 63.1. The Morgan fingerprint density at radius 3 is 1.58 bits per heavy atom. The molecule has 8 aromatic carbocycles. The Morgan fingerprint density at radius 2 is 0.950 bits per heavy atom. The van der Waals surface area contributed by atoms with Gasteiger partial charge >= 0.3 is 0 Å². The first kappa shape index (κ1) is 35.1. The predicted molar refractivity (Wildman–Crippen MR) is 252 cm³/mol. The normalized spacial score (nSPS) is 15.2. The lowest BCUT2D eigenvalue weighted by Crippen LogP contribution is -2.18. The lowest BCUT2D eigenvalue weighted by molar-refractivity contribution is 0.550. The van der Waals surface area contributed by atoms with Crippen molar-refractivity contribution in [2.24, 2.45) is 0 Å². The highest BCUT2D eigenvalue weighted by Crippen LogP contribution is 2.53. The third kappa shape index (κ3) is 5.07. The lowest BCUT2D eigenvalue weighted by Gasteiger charge is -2.30. The van der Waals surface area contributed by atoms with E-state index >= 15 is 0 Å². The second kappa shape index (κ2) is 12.8. The predicted octanol–water partition coefficient (Wildman–Crippen LogP) is 15.8. The monoisotopic (exact) mass is 771 g/mol. The van der Waals surface area contributed by atoms with Gasteiger partial charge in [-0.2, -0.15) is 0 Å². The Morgan fingerprint density at radius 1 is 0.417 bits per heavy atom. The average molecular weight is 772 g/mol. The van der Waals surface area contributed by atoms with Crippen LogP contribution in [0.5, 0.6) is 0 Å². The summed E-state index contributed by atoms with van der Waals surface area (Å²) in [7, 11) is 0. The molecule has 0 unspecified atom stereocenters. The van der Waals surface area contributed by atoms with Gasteiger partial charge in [0.2, 0.25) is 0 Å². The molecule has 12 rings (SSSR count). The van der Waals surface area contributed by atoms with E-state index in [9.17, 15) is 0 Å². The Hall–Kier alpha value is -6.90. The van der Waals surface area contributed by atoms with Crippen LogP contribution in [0.2, 0.25) is 0 Å². The van der Waals surface area contributed by atoms with Gasteiger partial charge in [-0.15, -0.1) is 0 Å². The number of allylic oxidation sites excluding steroid dienone is 1. The minimum absolute atomic E-state index is 0.100. The van der Waals surface area contributed by atoms with E-state index in [2.05, 4.69) is 209 Å². The van der Waals surface area contributed by atoms with Gasteiger partial charge in [-0.1, -0.05) is 155 Å².